The van der Waals surface area contributed by atoms with Gasteiger partial charge < -0.3 is 15.2 Å². The Kier molecular flexibility index (Phi) is 6.76. The molecular formula is C15H25NO2. The van der Waals surface area contributed by atoms with Crippen molar-refractivity contribution in [3.63, 3.8) is 0 Å². The molecule has 3 nitrogen and oxygen atoms in total. The largest absolute Gasteiger partial charge is 0.491 e. The first kappa shape index (κ1) is 15.0. The summed E-state index contributed by atoms with van der Waals surface area (Å²) in [6.07, 6.45) is 2.27. The minimum absolute atomic E-state index is 0.0124. The van der Waals surface area contributed by atoms with E-state index in [4.69, 9.17) is 15.2 Å². The molecule has 0 heterocycles. The molecule has 18 heavy (non-hydrogen) atoms. The lowest BCUT2D eigenvalue weighted by Crippen LogP contribution is -2.12. The van der Waals surface area contributed by atoms with E-state index < -0.39 is 0 Å². The van der Waals surface area contributed by atoms with Crippen LogP contribution in [0.5, 0.6) is 5.75 Å². The van der Waals surface area contributed by atoms with E-state index in [1.807, 2.05) is 19.1 Å². The second-order valence-electron chi connectivity index (χ2n) is 4.64. The standard InChI is InChI=1S/C15H25NO2/c1-4-5-8-17-9-10-18-15-11-12(2)6-7-14(15)13(3)16/h6-7,11,13H,4-5,8-10,16H2,1-3H3. The molecule has 3 heteroatoms. The molecule has 0 saturated carbocycles. The molecule has 0 saturated heterocycles. The summed E-state index contributed by atoms with van der Waals surface area (Å²) in [5.41, 5.74) is 8.16. The van der Waals surface area contributed by atoms with E-state index >= 15 is 0 Å². The van der Waals surface area contributed by atoms with Crippen molar-refractivity contribution >= 4 is 0 Å². The summed E-state index contributed by atoms with van der Waals surface area (Å²) in [5, 5.41) is 0. The van der Waals surface area contributed by atoms with Gasteiger partial charge in [-0.2, -0.15) is 0 Å². The third kappa shape index (κ3) is 5.07. The summed E-state index contributed by atoms with van der Waals surface area (Å²) in [4.78, 5) is 0. The topological polar surface area (TPSA) is 44.5 Å². The predicted octanol–water partition coefficient (Wildman–Crippen LogP) is 3.21. The maximum atomic E-state index is 5.92. The highest BCUT2D eigenvalue weighted by Crippen LogP contribution is 2.24. The van der Waals surface area contributed by atoms with Crippen LogP contribution in [-0.2, 0) is 4.74 Å². The van der Waals surface area contributed by atoms with Crippen LogP contribution in [0.25, 0.3) is 0 Å². The molecule has 0 spiro atoms. The quantitative estimate of drug-likeness (QED) is 0.722. The molecule has 1 atom stereocenters. The molecule has 0 amide bonds. The van der Waals surface area contributed by atoms with E-state index in [-0.39, 0.29) is 6.04 Å². The monoisotopic (exact) mass is 251 g/mol. The molecule has 0 aromatic heterocycles. The Hall–Kier alpha value is -1.06. The lowest BCUT2D eigenvalue weighted by atomic mass is 10.1. The second kappa shape index (κ2) is 8.11. The molecule has 1 rings (SSSR count). The first-order chi connectivity index (χ1) is 8.65. The molecule has 0 radical (unpaired) electrons. The fraction of sp³-hybridized carbons (Fsp3) is 0.600. The number of unbranched alkanes of at least 4 members (excludes halogenated alkanes) is 1. The average molecular weight is 251 g/mol. The van der Waals surface area contributed by atoms with E-state index in [9.17, 15) is 0 Å². The average Bonchev–Trinajstić information content (AvgIpc) is 2.33. The van der Waals surface area contributed by atoms with Crippen molar-refractivity contribution < 1.29 is 9.47 Å². The van der Waals surface area contributed by atoms with Crippen molar-refractivity contribution in [2.45, 2.75) is 39.7 Å². The SMILES string of the molecule is CCCCOCCOc1cc(C)ccc1C(C)N. The van der Waals surface area contributed by atoms with Gasteiger partial charge in [-0.1, -0.05) is 25.5 Å². The van der Waals surface area contributed by atoms with Crippen LogP contribution < -0.4 is 10.5 Å². The number of benzene rings is 1. The molecule has 0 bridgehead atoms. The predicted molar refractivity (Wildman–Crippen MR) is 75.0 cm³/mol. The Morgan fingerprint density at radius 2 is 2.00 bits per heavy atom. The smallest absolute Gasteiger partial charge is 0.124 e. The maximum absolute atomic E-state index is 5.92. The number of nitrogens with two attached hydrogens (primary N) is 1. The van der Waals surface area contributed by atoms with Crippen LogP contribution in [0, 0.1) is 6.92 Å². The minimum atomic E-state index is -0.0124. The Labute approximate surface area is 110 Å². The zero-order valence-electron chi connectivity index (χ0n) is 11.7. The summed E-state index contributed by atoms with van der Waals surface area (Å²) in [6.45, 7) is 8.19. The van der Waals surface area contributed by atoms with Crippen LogP contribution in [0.4, 0.5) is 0 Å². The molecule has 1 aromatic rings. The zero-order valence-corrected chi connectivity index (χ0v) is 11.7. The molecule has 2 N–H and O–H groups in total. The van der Waals surface area contributed by atoms with Gasteiger partial charge in [-0.15, -0.1) is 0 Å². The summed E-state index contributed by atoms with van der Waals surface area (Å²) >= 11 is 0. The molecule has 0 aliphatic heterocycles. The van der Waals surface area contributed by atoms with Crippen LogP contribution in [0.15, 0.2) is 18.2 Å². The molecule has 1 unspecified atom stereocenters. The van der Waals surface area contributed by atoms with Gasteiger partial charge in [-0.25, -0.2) is 0 Å². The van der Waals surface area contributed by atoms with Crippen molar-refractivity contribution in [2.24, 2.45) is 5.73 Å². The van der Waals surface area contributed by atoms with Gasteiger partial charge in [0.15, 0.2) is 0 Å². The highest BCUT2D eigenvalue weighted by atomic mass is 16.5. The third-order valence-corrected chi connectivity index (χ3v) is 2.79. The van der Waals surface area contributed by atoms with Crippen LogP contribution in [-0.4, -0.2) is 19.8 Å². The first-order valence-electron chi connectivity index (χ1n) is 6.71. The van der Waals surface area contributed by atoms with E-state index in [1.54, 1.807) is 0 Å². The van der Waals surface area contributed by atoms with Crippen LogP contribution in [0.2, 0.25) is 0 Å². The maximum Gasteiger partial charge on any atom is 0.124 e. The van der Waals surface area contributed by atoms with E-state index in [2.05, 4.69) is 19.9 Å². The van der Waals surface area contributed by atoms with E-state index in [0.717, 1.165) is 30.8 Å². The van der Waals surface area contributed by atoms with E-state index in [0.29, 0.717) is 13.2 Å². The number of ether oxygens (including phenoxy) is 2. The van der Waals surface area contributed by atoms with Gasteiger partial charge in [0, 0.05) is 18.2 Å². The van der Waals surface area contributed by atoms with Crippen molar-refractivity contribution in [3.8, 4) is 5.75 Å². The highest BCUT2D eigenvalue weighted by molar-refractivity contribution is 5.38. The van der Waals surface area contributed by atoms with Crippen molar-refractivity contribution in [2.75, 3.05) is 19.8 Å². The number of hydrogen-bond donors (Lipinski definition) is 1. The van der Waals surface area contributed by atoms with Crippen LogP contribution >= 0.6 is 0 Å². The highest BCUT2D eigenvalue weighted by Gasteiger charge is 2.08. The van der Waals surface area contributed by atoms with Crippen LogP contribution in [0.3, 0.4) is 0 Å². The van der Waals surface area contributed by atoms with Gasteiger partial charge in [-0.3, -0.25) is 0 Å². The minimum Gasteiger partial charge on any atom is -0.491 e. The molecule has 0 aliphatic carbocycles. The fourth-order valence-electron chi connectivity index (χ4n) is 1.70. The normalized spacial score (nSPS) is 12.4. The van der Waals surface area contributed by atoms with Crippen molar-refractivity contribution in [1.29, 1.82) is 0 Å². The Balaban J connectivity index is 2.43. The molecule has 102 valence electrons. The van der Waals surface area contributed by atoms with E-state index in [1.165, 1.54) is 5.56 Å². The molecular weight excluding hydrogens is 226 g/mol. The second-order valence-corrected chi connectivity index (χ2v) is 4.64. The summed E-state index contributed by atoms with van der Waals surface area (Å²) in [6, 6.07) is 6.11. The lowest BCUT2D eigenvalue weighted by molar-refractivity contribution is 0.0976. The third-order valence-electron chi connectivity index (χ3n) is 2.79. The summed E-state index contributed by atoms with van der Waals surface area (Å²) < 4.78 is 11.2. The zero-order chi connectivity index (χ0) is 13.4. The summed E-state index contributed by atoms with van der Waals surface area (Å²) in [5.74, 6) is 0.879. The summed E-state index contributed by atoms with van der Waals surface area (Å²) in [7, 11) is 0. The Bertz CT molecular complexity index is 350. The number of hydrogen-bond acceptors (Lipinski definition) is 3. The molecule has 0 fully saturated rings. The fourth-order valence-corrected chi connectivity index (χ4v) is 1.70. The van der Waals surface area contributed by atoms with Gasteiger partial charge in [0.25, 0.3) is 0 Å². The van der Waals surface area contributed by atoms with Crippen molar-refractivity contribution in [3.05, 3.63) is 29.3 Å². The Morgan fingerprint density at radius 3 is 2.67 bits per heavy atom. The molecule has 1 aromatic carbocycles. The lowest BCUT2D eigenvalue weighted by Gasteiger charge is -2.14. The van der Waals surface area contributed by atoms with Gasteiger partial charge in [0.05, 0.1) is 6.61 Å². The van der Waals surface area contributed by atoms with Gasteiger partial charge >= 0.3 is 0 Å². The Morgan fingerprint density at radius 1 is 1.22 bits per heavy atom. The van der Waals surface area contributed by atoms with Gasteiger partial charge in [0.1, 0.15) is 12.4 Å². The van der Waals surface area contributed by atoms with Crippen molar-refractivity contribution in [1.82, 2.24) is 0 Å². The number of rotatable bonds is 8. The number of aryl methyl sites for hydroxylation is 1. The van der Waals surface area contributed by atoms with Gasteiger partial charge in [-0.05, 0) is 31.9 Å². The van der Waals surface area contributed by atoms with Crippen LogP contribution in [0.1, 0.15) is 43.9 Å². The van der Waals surface area contributed by atoms with Gasteiger partial charge in [0.2, 0.25) is 0 Å². The molecule has 0 aliphatic rings. The first-order valence-corrected chi connectivity index (χ1v) is 6.71.